The highest BCUT2D eigenvalue weighted by molar-refractivity contribution is 14.1. The fraction of sp³-hybridized carbons (Fsp3) is 0.250. The van der Waals surface area contributed by atoms with Gasteiger partial charge in [0, 0.05) is 15.3 Å². The van der Waals surface area contributed by atoms with E-state index >= 15 is 0 Å². The van der Waals surface area contributed by atoms with Crippen molar-refractivity contribution >= 4 is 28.3 Å². The van der Waals surface area contributed by atoms with E-state index in [-0.39, 0.29) is 5.82 Å². The Hall–Kier alpha value is -1.10. The SMILES string of the molecule is Fc1ccc(C2CC(Nc3ccc(I)cc3)C2)cc1. The van der Waals surface area contributed by atoms with E-state index in [1.807, 2.05) is 12.1 Å². The molecule has 1 N–H and O–H groups in total. The van der Waals surface area contributed by atoms with Crippen LogP contribution < -0.4 is 5.32 Å². The quantitative estimate of drug-likeness (QED) is 0.770. The molecule has 3 heteroatoms. The molecule has 1 saturated carbocycles. The van der Waals surface area contributed by atoms with Crippen LogP contribution in [0, 0.1) is 9.39 Å². The van der Waals surface area contributed by atoms with E-state index in [4.69, 9.17) is 0 Å². The summed E-state index contributed by atoms with van der Waals surface area (Å²) >= 11 is 2.31. The van der Waals surface area contributed by atoms with Crippen LogP contribution in [0.3, 0.4) is 0 Å². The molecule has 1 aliphatic carbocycles. The average Bonchev–Trinajstić information content (AvgIpc) is 2.37. The van der Waals surface area contributed by atoms with Crippen LogP contribution >= 0.6 is 22.6 Å². The second-order valence-electron chi connectivity index (χ2n) is 5.07. The molecular weight excluding hydrogens is 352 g/mol. The molecule has 1 aliphatic rings. The van der Waals surface area contributed by atoms with Crippen molar-refractivity contribution in [2.24, 2.45) is 0 Å². The van der Waals surface area contributed by atoms with Crippen molar-refractivity contribution in [3.8, 4) is 0 Å². The maximum atomic E-state index is 12.9. The zero-order valence-corrected chi connectivity index (χ0v) is 12.6. The van der Waals surface area contributed by atoms with Crippen LogP contribution in [0.2, 0.25) is 0 Å². The fourth-order valence-corrected chi connectivity index (χ4v) is 2.88. The molecule has 0 amide bonds. The molecule has 0 saturated heterocycles. The van der Waals surface area contributed by atoms with Gasteiger partial charge in [-0.25, -0.2) is 4.39 Å². The van der Waals surface area contributed by atoms with E-state index in [1.165, 1.54) is 14.8 Å². The third-order valence-corrected chi connectivity index (χ3v) is 4.41. The first kappa shape index (κ1) is 12.9. The van der Waals surface area contributed by atoms with Gasteiger partial charge in [0.15, 0.2) is 0 Å². The summed E-state index contributed by atoms with van der Waals surface area (Å²) in [5.74, 6) is 0.415. The van der Waals surface area contributed by atoms with Crippen LogP contribution in [0.15, 0.2) is 48.5 Å². The number of hydrogen-bond donors (Lipinski definition) is 1. The van der Waals surface area contributed by atoms with E-state index in [0.29, 0.717) is 12.0 Å². The maximum absolute atomic E-state index is 12.9. The third kappa shape index (κ3) is 3.08. The largest absolute Gasteiger partial charge is 0.382 e. The average molecular weight is 367 g/mol. The van der Waals surface area contributed by atoms with E-state index in [0.717, 1.165) is 12.8 Å². The molecule has 0 unspecified atom stereocenters. The highest BCUT2D eigenvalue weighted by Crippen LogP contribution is 2.38. The van der Waals surface area contributed by atoms with Gasteiger partial charge in [0.25, 0.3) is 0 Å². The number of hydrogen-bond acceptors (Lipinski definition) is 1. The van der Waals surface area contributed by atoms with Gasteiger partial charge < -0.3 is 5.32 Å². The van der Waals surface area contributed by atoms with E-state index in [2.05, 4.69) is 52.2 Å². The van der Waals surface area contributed by atoms with Gasteiger partial charge in [0.2, 0.25) is 0 Å². The lowest BCUT2D eigenvalue weighted by molar-refractivity contribution is 0.374. The molecule has 3 rings (SSSR count). The van der Waals surface area contributed by atoms with Gasteiger partial charge in [0.1, 0.15) is 5.82 Å². The molecule has 1 nitrogen and oxygen atoms in total. The van der Waals surface area contributed by atoms with Crippen molar-refractivity contribution in [2.75, 3.05) is 5.32 Å². The number of halogens is 2. The molecule has 0 bridgehead atoms. The summed E-state index contributed by atoms with van der Waals surface area (Å²) in [6.07, 6.45) is 2.25. The van der Waals surface area contributed by atoms with Gasteiger partial charge in [-0.15, -0.1) is 0 Å². The van der Waals surface area contributed by atoms with Crippen LogP contribution in [0.1, 0.15) is 24.3 Å². The number of anilines is 1. The fourth-order valence-electron chi connectivity index (χ4n) is 2.52. The summed E-state index contributed by atoms with van der Waals surface area (Å²) in [5, 5.41) is 3.54. The van der Waals surface area contributed by atoms with Gasteiger partial charge in [-0.1, -0.05) is 12.1 Å². The van der Waals surface area contributed by atoms with Crippen molar-refractivity contribution in [2.45, 2.75) is 24.8 Å². The number of benzene rings is 2. The predicted molar refractivity (Wildman–Crippen MR) is 84.9 cm³/mol. The molecule has 2 aromatic carbocycles. The molecule has 0 aliphatic heterocycles. The minimum Gasteiger partial charge on any atom is -0.382 e. The summed E-state index contributed by atoms with van der Waals surface area (Å²) in [4.78, 5) is 0. The van der Waals surface area contributed by atoms with Crippen LogP contribution in [0.5, 0.6) is 0 Å². The Morgan fingerprint density at radius 2 is 1.58 bits per heavy atom. The standard InChI is InChI=1S/C16H15FIN/c17-13-3-1-11(2-4-13)12-9-16(10-12)19-15-7-5-14(18)6-8-15/h1-8,12,16,19H,9-10H2. The topological polar surface area (TPSA) is 12.0 Å². The first-order chi connectivity index (χ1) is 9.20. The highest BCUT2D eigenvalue weighted by Gasteiger charge is 2.30. The molecule has 0 atom stereocenters. The van der Waals surface area contributed by atoms with Gasteiger partial charge in [0.05, 0.1) is 0 Å². The molecule has 98 valence electrons. The lowest BCUT2D eigenvalue weighted by Crippen LogP contribution is -2.33. The van der Waals surface area contributed by atoms with Gasteiger partial charge in [-0.05, 0) is 83.3 Å². The van der Waals surface area contributed by atoms with Crippen LogP contribution in [-0.2, 0) is 0 Å². The summed E-state index contributed by atoms with van der Waals surface area (Å²) < 4.78 is 14.1. The smallest absolute Gasteiger partial charge is 0.123 e. The van der Waals surface area contributed by atoms with Gasteiger partial charge in [-0.3, -0.25) is 0 Å². The molecular formula is C16H15FIN. The minimum atomic E-state index is -0.156. The van der Waals surface area contributed by atoms with Crippen molar-refractivity contribution in [1.29, 1.82) is 0 Å². The van der Waals surface area contributed by atoms with Crippen LogP contribution in [-0.4, -0.2) is 6.04 Å². The number of nitrogens with one attached hydrogen (secondary N) is 1. The Labute approximate surface area is 126 Å². The third-order valence-electron chi connectivity index (χ3n) is 3.69. The monoisotopic (exact) mass is 367 g/mol. The molecule has 0 radical (unpaired) electrons. The van der Waals surface area contributed by atoms with Gasteiger partial charge >= 0.3 is 0 Å². The maximum Gasteiger partial charge on any atom is 0.123 e. The Kier molecular flexibility index (Phi) is 3.73. The molecule has 2 aromatic rings. The Bertz CT molecular complexity index is 544. The molecule has 19 heavy (non-hydrogen) atoms. The lowest BCUT2D eigenvalue weighted by Gasteiger charge is -2.37. The van der Waals surface area contributed by atoms with Crippen molar-refractivity contribution < 1.29 is 4.39 Å². The van der Waals surface area contributed by atoms with Crippen molar-refractivity contribution in [3.63, 3.8) is 0 Å². The van der Waals surface area contributed by atoms with Crippen LogP contribution in [0.4, 0.5) is 10.1 Å². The Morgan fingerprint density at radius 1 is 0.947 bits per heavy atom. The van der Waals surface area contributed by atoms with E-state index < -0.39 is 0 Å². The second-order valence-corrected chi connectivity index (χ2v) is 6.31. The Balaban J connectivity index is 1.55. The Morgan fingerprint density at radius 3 is 2.21 bits per heavy atom. The van der Waals surface area contributed by atoms with E-state index in [1.54, 1.807) is 12.1 Å². The summed E-state index contributed by atoms with van der Waals surface area (Å²) in [6, 6.07) is 15.9. The predicted octanol–water partition coefficient (Wildman–Crippen LogP) is 4.79. The number of rotatable bonds is 3. The van der Waals surface area contributed by atoms with Gasteiger partial charge in [-0.2, -0.15) is 0 Å². The zero-order chi connectivity index (χ0) is 13.2. The van der Waals surface area contributed by atoms with Crippen LogP contribution in [0.25, 0.3) is 0 Å². The first-order valence-electron chi connectivity index (χ1n) is 6.48. The summed E-state index contributed by atoms with van der Waals surface area (Å²) in [5.41, 5.74) is 2.44. The zero-order valence-electron chi connectivity index (χ0n) is 10.4. The molecule has 0 heterocycles. The highest BCUT2D eigenvalue weighted by atomic mass is 127. The summed E-state index contributed by atoms with van der Waals surface area (Å²) in [6.45, 7) is 0. The normalized spacial score (nSPS) is 21.8. The molecule has 1 fully saturated rings. The van der Waals surface area contributed by atoms with E-state index in [9.17, 15) is 4.39 Å². The lowest BCUT2D eigenvalue weighted by atomic mass is 9.76. The minimum absolute atomic E-state index is 0.156. The summed E-state index contributed by atoms with van der Waals surface area (Å²) in [7, 11) is 0. The van der Waals surface area contributed by atoms with Crippen molar-refractivity contribution in [1.82, 2.24) is 0 Å². The molecule has 0 aromatic heterocycles. The second kappa shape index (κ2) is 5.49. The molecule has 0 spiro atoms. The first-order valence-corrected chi connectivity index (χ1v) is 7.56. The van der Waals surface area contributed by atoms with Crippen molar-refractivity contribution in [3.05, 3.63) is 63.5 Å².